The van der Waals surface area contributed by atoms with Crippen molar-refractivity contribution >= 4 is 24.1 Å². The highest BCUT2D eigenvalue weighted by Crippen LogP contribution is 2.35. The zero-order valence-corrected chi connectivity index (χ0v) is 14.0. The molecule has 4 nitrogen and oxygen atoms in total. The second kappa shape index (κ2) is 6.94. The zero-order valence-electron chi connectivity index (χ0n) is 13.2. The van der Waals surface area contributed by atoms with Crippen molar-refractivity contribution in [2.75, 3.05) is 0 Å². The fourth-order valence-corrected chi connectivity index (χ4v) is 2.90. The van der Waals surface area contributed by atoms with E-state index in [1.165, 1.54) is 22.3 Å². The van der Waals surface area contributed by atoms with Crippen LogP contribution in [0.25, 0.3) is 0 Å². The Morgan fingerprint density at radius 3 is 2.10 bits per heavy atom. The fraction of sp³-hybridized carbons (Fsp3) is 0.500. The van der Waals surface area contributed by atoms with Gasteiger partial charge in [0.25, 0.3) is 0 Å². The van der Waals surface area contributed by atoms with Crippen LogP contribution in [0.15, 0.2) is 22.3 Å². The lowest BCUT2D eigenvalue weighted by atomic mass is 9.88. The molecule has 0 saturated heterocycles. The topological polar surface area (TPSA) is 76.8 Å². The summed E-state index contributed by atoms with van der Waals surface area (Å²) < 4.78 is 0. The molecule has 0 atom stereocenters. The quantitative estimate of drug-likeness (QED) is 0.510. The molecule has 116 valence electrons. The van der Waals surface area contributed by atoms with E-state index in [-0.39, 0.29) is 18.4 Å². The van der Waals surface area contributed by atoms with E-state index in [0.717, 1.165) is 18.6 Å². The molecule has 0 saturated carbocycles. The van der Waals surface area contributed by atoms with Gasteiger partial charge in [-0.3, -0.25) is 0 Å². The van der Waals surface area contributed by atoms with Gasteiger partial charge < -0.3 is 11.5 Å². The van der Waals surface area contributed by atoms with Gasteiger partial charge in [0.1, 0.15) is 0 Å². The van der Waals surface area contributed by atoms with Crippen LogP contribution < -0.4 is 11.5 Å². The van der Waals surface area contributed by atoms with Gasteiger partial charge >= 0.3 is 0 Å². The van der Waals surface area contributed by atoms with Crippen LogP contribution in [-0.2, 0) is 6.42 Å². The predicted molar refractivity (Wildman–Crippen MR) is 92.5 cm³/mol. The largest absolute Gasteiger partial charge is 0.369 e. The smallest absolute Gasteiger partial charge is 0.211 e. The number of guanidine groups is 1. The molecule has 5 heteroatoms. The van der Waals surface area contributed by atoms with Crippen molar-refractivity contribution in [1.82, 2.24) is 0 Å². The van der Waals surface area contributed by atoms with Crippen LogP contribution in [0.3, 0.4) is 0 Å². The summed E-state index contributed by atoms with van der Waals surface area (Å²) in [5.41, 5.74) is 17.2. The first-order valence-corrected chi connectivity index (χ1v) is 7.23. The average molecular weight is 309 g/mol. The van der Waals surface area contributed by atoms with E-state index >= 15 is 0 Å². The number of hydrogen-bond donors (Lipinski definition) is 2. The van der Waals surface area contributed by atoms with Crippen molar-refractivity contribution in [2.24, 2.45) is 21.7 Å². The van der Waals surface area contributed by atoms with Crippen molar-refractivity contribution < 1.29 is 0 Å². The predicted octanol–water partition coefficient (Wildman–Crippen LogP) is 3.28. The van der Waals surface area contributed by atoms with Gasteiger partial charge in [0.05, 0.1) is 5.71 Å². The summed E-state index contributed by atoms with van der Waals surface area (Å²) in [6, 6.07) is 4.50. The number of nitrogens with two attached hydrogens (primary N) is 2. The van der Waals surface area contributed by atoms with Crippen molar-refractivity contribution in [1.29, 1.82) is 0 Å². The van der Waals surface area contributed by atoms with Crippen molar-refractivity contribution in [3.8, 4) is 0 Å². The van der Waals surface area contributed by atoms with E-state index in [9.17, 15) is 0 Å². The molecule has 0 heterocycles. The van der Waals surface area contributed by atoms with Gasteiger partial charge in [-0.25, -0.2) is 0 Å². The number of benzene rings is 1. The summed E-state index contributed by atoms with van der Waals surface area (Å²) in [7, 11) is 0. The van der Waals surface area contributed by atoms with Gasteiger partial charge in [0.15, 0.2) is 0 Å². The van der Waals surface area contributed by atoms with Crippen LogP contribution in [0.1, 0.15) is 68.2 Å². The lowest BCUT2D eigenvalue weighted by molar-refractivity contribution is 0.827. The minimum Gasteiger partial charge on any atom is -0.369 e. The molecule has 0 aliphatic heterocycles. The van der Waals surface area contributed by atoms with E-state index in [0.29, 0.717) is 11.8 Å². The van der Waals surface area contributed by atoms with Crippen LogP contribution in [0.5, 0.6) is 0 Å². The normalized spacial score (nSPS) is 15.2. The van der Waals surface area contributed by atoms with Crippen molar-refractivity contribution in [3.63, 3.8) is 0 Å². The molecule has 1 aromatic rings. The van der Waals surface area contributed by atoms with Gasteiger partial charge in [-0.1, -0.05) is 39.8 Å². The maximum atomic E-state index is 5.39. The third kappa shape index (κ3) is 3.56. The zero-order chi connectivity index (χ0) is 14.9. The lowest BCUT2D eigenvalue weighted by Crippen LogP contribution is -2.22. The Bertz CT molecular complexity index is 570. The minimum absolute atomic E-state index is 0. The Morgan fingerprint density at radius 2 is 1.57 bits per heavy atom. The highest BCUT2D eigenvalue weighted by molar-refractivity contribution is 6.06. The maximum absolute atomic E-state index is 5.39. The molecule has 4 N–H and O–H groups in total. The first-order valence-electron chi connectivity index (χ1n) is 7.23. The molecule has 0 aromatic heterocycles. The lowest BCUT2D eigenvalue weighted by Gasteiger charge is -2.17. The number of hydrogen-bond acceptors (Lipinski definition) is 2. The maximum Gasteiger partial charge on any atom is 0.211 e. The molecule has 1 aliphatic rings. The summed E-state index contributed by atoms with van der Waals surface area (Å²) in [5, 5.41) is 8.10. The highest BCUT2D eigenvalue weighted by atomic mass is 35.5. The number of halogens is 1. The van der Waals surface area contributed by atoms with E-state index in [2.05, 4.69) is 50.0 Å². The number of nitrogens with zero attached hydrogens (tertiary/aromatic N) is 2. The summed E-state index contributed by atoms with van der Waals surface area (Å²) in [6.07, 6.45) is 1.94. The fourth-order valence-electron chi connectivity index (χ4n) is 2.90. The average Bonchev–Trinajstić information content (AvgIpc) is 2.78. The summed E-state index contributed by atoms with van der Waals surface area (Å²) in [6.45, 7) is 8.88. The SMILES string of the molecule is CC(C)c1ccc(C(C)C)c2c1CCC2=NN=C(N)N.Cl. The Hall–Kier alpha value is -1.55. The standard InChI is InChI=1S/C16H24N4.ClH/c1-9(2)11-5-6-12(10(3)4)15-13(11)7-8-14(15)19-20-16(17)18;/h5-6,9-10H,7-8H2,1-4H3,(H4,17,18,20);1H. The molecule has 0 spiro atoms. The van der Waals surface area contributed by atoms with Crippen molar-refractivity contribution in [2.45, 2.75) is 52.4 Å². The van der Waals surface area contributed by atoms with Crippen LogP contribution >= 0.6 is 12.4 Å². The molecule has 0 fully saturated rings. The Balaban J connectivity index is 0.00000220. The minimum atomic E-state index is 0. The van der Waals surface area contributed by atoms with E-state index in [1.807, 2.05) is 0 Å². The number of fused-ring (bicyclic) bond motifs is 1. The Morgan fingerprint density at radius 1 is 1.00 bits per heavy atom. The van der Waals surface area contributed by atoms with Crippen LogP contribution in [0.4, 0.5) is 0 Å². The second-order valence-corrected chi connectivity index (χ2v) is 5.98. The van der Waals surface area contributed by atoms with Crippen molar-refractivity contribution in [3.05, 3.63) is 34.4 Å². The van der Waals surface area contributed by atoms with Gasteiger partial charge in [-0.2, -0.15) is 5.10 Å². The molecule has 0 radical (unpaired) electrons. The summed E-state index contributed by atoms with van der Waals surface area (Å²) in [5.74, 6) is 0.997. The molecular formula is C16H25ClN4. The van der Waals surface area contributed by atoms with E-state index < -0.39 is 0 Å². The monoisotopic (exact) mass is 308 g/mol. The van der Waals surface area contributed by atoms with Gasteiger partial charge in [0.2, 0.25) is 5.96 Å². The number of rotatable bonds is 3. The molecule has 0 unspecified atom stereocenters. The van der Waals surface area contributed by atoms with Gasteiger partial charge in [0, 0.05) is 5.56 Å². The first-order chi connectivity index (χ1) is 9.41. The van der Waals surface area contributed by atoms with E-state index in [1.54, 1.807) is 0 Å². The molecule has 21 heavy (non-hydrogen) atoms. The van der Waals surface area contributed by atoms with Gasteiger partial charge in [-0.05, 0) is 41.4 Å². The van der Waals surface area contributed by atoms with Crippen LogP contribution in [0.2, 0.25) is 0 Å². The molecule has 1 aromatic carbocycles. The summed E-state index contributed by atoms with van der Waals surface area (Å²) >= 11 is 0. The van der Waals surface area contributed by atoms with Gasteiger partial charge in [-0.15, -0.1) is 17.5 Å². The Labute approximate surface area is 133 Å². The molecule has 1 aliphatic carbocycles. The summed E-state index contributed by atoms with van der Waals surface area (Å²) in [4.78, 5) is 0. The van der Waals surface area contributed by atoms with Crippen LogP contribution in [0, 0.1) is 0 Å². The third-order valence-corrected chi connectivity index (χ3v) is 3.81. The molecule has 0 amide bonds. The molecular weight excluding hydrogens is 284 g/mol. The van der Waals surface area contributed by atoms with Crippen LogP contribution in [-0.4, -0.2) is 11.7 Å². The second-order valence-electron chi connectivity index (χ2n) is 5.98. The third-order valence-electron chi connectivity index (χ3n) is 3.81. The van der Waals surface area contributed by atoms with E-state index in [4.69, 9.17) is 11.5 Å². The highest BCUT2D eigenvalue weighted by Gasteiger charge is 2.26. The first kappa shape index (κ1) is 17.5. The Kier molecular flexibility index (Phi) is 5.78. The molecule has 2 rings (SSSR count). The molecule has 0 bridgehead atoms.